The van der Waals surface area contributed by atoms with Crippen LogP contribution in [0, 0.1) is 25.2 Å². The predicted molar refractivity (Wildman–Crippen MR) is 108 cm³/mol. The van der Waals surface area contributed by atoms with Gasteiger partial charge in [-0.15, -0.1) is 0 Å². The quantitative estimate of drug-likeness (QED) is 0.448. The number of aryl methyl sites for hydroxylation is 1. The van der Waals surface area contributed by atoms with Gasteiger partial charge < -0.3 is 24.1 Å². The zero-order chi connectivity index (χ0) is 21.3. The van der Waals surface area contributed by atoms with Crippen molar-refractivity contribution in [3.63, 3.8) is 0 Å². The fourth-order valence-electron chi connectivity index (χ4n) is 3.52. The second-order valence-corrected chi connectivity index (χ2v) is 7.29. The molecule has 154 valence electrons. The molecule has 8 heteroatoms. The monoisotopic (exact) mass is 407 g/mol. The maximum absolute atomic E-state index is 12.3. The summed E-state index contributed by atoms with van der Waals surface area (Å²) in [5, 5.41) is 12.0. The zero-order valence-electron chi connectivity index (χ0n) is 16.7. The lowest BCUT2D eigenvalue weighted by Gasteiger charge is -2.08. The van der Waals surface area contributed by atoms with Gasteiger partial charge >= 0.3 is 5.97 Å². The molecular formula is C22H21N3O5. The van der Waals surface area contributed by atoms with E-state index in [-0.39, 0.29) is 12.4 Å². The summed E-state index contributed by atoms with van der Waals surface area (Å²) >= 11 is 0. The van der Waals surface area contributed by atoms with Gasteiger partial charge in [0.2, 0.25) is 6.79 Å². The summed E-state index contributed by atoms with van der Waals surface area (Å²) in [6, 6.07) is 9.28. The molecule has 1 aliphatic heterocycles. The van der Waals surface area contributed by atoms with E-state index in [0.717, 1.165) is 29.8 Å². The topological polar surface area (TPSA) is 103 Å². The van der Waals surface area contributed by atoms with Crippen LogP contribution in [0.5, 0.6) is 11.5 Å². The molecule has 0 atom stereocenters. The van der Waals surface area contributed by atoms with Crippen LogP contribution in [0.1, 0.15) is 35.8 Å². The van der Waals surface area contributed by atoms with Crippen molar-refractivity contribution in [2.24, 2.45) is 0 Å². The third-order valence-corrected chi connectivity index (χ3v) is 5.07. The molecule has 0 unspecified atom stereocenters. The first-order valence-corrected chi connectivity index (χ1v) is 9.63. The molecular weight excluding hydrogens is 386 g/mol. The van der Waals surface area contributed by atoms with E-state index in [9.17, 15) is 14.9 Å². The van der Waals surface area contributed by atoms with Crippen LogP contribution in [0.15, 0.2) is 29.8 Å². The first-order valence-electron chi connectivity index (χ1n) is 9.63. The van der Waals surface area contributed by atoms with E-state index in [4.69, 9.17) is 14.2 Å². The SMILES string of the molecule is Cc1cc(/C=C(\C#N)C(=O)OCC(=O)Nc2ccc3c(c2)OCO3)c(C)n1C1CC1. The van der Waals surface area contributed by atoms with Crippen LogP contribution < -0.4 is 14.8 Å². The van der Waals surface area contributed by atoms with Crippen molar-refractivity contribution in [2.45, 2.75) is 32.7 Å². The number of ether oxygens (including phenoxy) is 3. The minimum atomic E-state index is -0.838. The van der Waals surface area contributed by atoms with Crippen LogP contribution in [0.3, 0.4) is 0 Å². The Morgan fingerprint density at radius 3 is 2.77 bits per heavy atom. The van der Waals surface area contributed by atoms with E-state index < -0.39 is 18.5 Å². The highest BCUT2D eigenvalue weighted by atomic mass is 16.7. The minimum Gasteiger partial charge on any atom is -0.454 e. The Morgan fingerprint density at radius 1 is 1.27 bits per heavy atom. The molecule has 2 aromatic rings. The van der Waals surface area contributed by atoms with Crippen LogP contribution >= 0.6 is 0 Å². The molecule has 0 spiro atoms. The highest BCUT2D eigenvalue weighted by Crippen LogP contribution is 2.38. The number of hydrogen-bond acceptors (Lipinski definition) is 6. The molecule has 0 saturated heterocycles. The van der Waals surface area contributed by atoms with E-state index in [1.165, 1.54) is 6.08 Å². The van der Waals surface area contributed by atoms with E-state index in [1.807, 2.05) is 26.0 Å². The summed E-state index contributed by atoms with van der Waals surface area (Å²) in [5.41, 5.74) is 3.25. The van der Waals surface area contributed by atoms with E-state index in [1.54, 1.807) is 18.2 Å². The van der Waals surface area contributed by atoms with Crippen LogP contribution in [0.2, 0.25) is 0 Å². The number of aromatic nitrogens is 1. The molecule has 1 aliphatic carbocycles. The first kappa shape index (κ1) is 19.6. The molecule has 8 nitrogen and oxygen atoms in total. The Kier molecular flexibility index (Phi) is 5.19. The maximum atomic E-state index is 12.3. The highest BCUT2D eigenvalue weighted by Gasteiger charge is 2.27. The second kappa shape index (κ2) is 7.95. The normalized spacial score (nSPS) is 14.9. The Bertz CT molecular complexity index is 1090. The van der Waals surface area contributed by atoms with Crippen LogP contribution in [-0.4, -0.2) is 29.8 Å². The van der Waals surface area contributed by atoms with Gasteiger partial charge in [-0.3, -0.25) is 4.79 Å². The number of rotatable bonds is 6. The third kappa shape index (κ3) is 4.01. The molecule has 1 amide bonds. The number of esters is 1. The lowest BCUT2D eigenvalue weighted by molar-refractivity contribution is -0.142. The van der Waals surface area contributed by atoms with Crippen LogP contribution in [-0.2, 0) is 14.3 Å². The summed E-state index contributed by atoms with van der Waals surface area (Å²) in [6.07, 6.45) is 3.80. The van der Waals surface area contributed by atoms with Crippen molar-refractivity contribution in [2.75, 3.05) is 18.7 Å². The molecule has 2 heterocycles. The number of fused-ring (bicyclic) bond motifs is 1. The standard InChI is InChI=1S/C22H21N3O5/c1-13-7-15(14(2)25(13)18-4-5-18)8-16(10-23)22(27)28-11-21(26)24-17-3-6-19-20(9-17)30-12-29-19/h3,6-9,18H,4-5,11-12H2,1-2H3,(H,24,26)/b16-8+. The fraction of sp³-hybridized carbons (Fsp3) is 0.318. The summed E-state index contributed by atoms with van der Waals surface area (Å²) < 4.78 is 17.7. The number of benzene rings is 1. The summed E-state index contributed by atoms with van der Waals surface area (Å²) in [7, 11) is 0. The molecule has 30 heavy (non-hydrogen) atoms. The largest absolute Gasteiger partial charge is 0.454 e. The van der Waals surface area contributed by atoms with E-state index in [2.05, 4.69) is 9.88 Å². The predicted octanol–water partition coefficient (Wildman–Crippen LogP) is 3.26. The maximum Gasteiger partial charge on any atom is 0.349 e. The Morgan fingerprint density at radius 2 is 2.03 bits per heavy atom. The number of carbonyl (C=O) groups is 2. The van der Waals surface area contributed by atoms with Gasteiger partial charge in [-0.1, -0.05) is 0 Å². The van der Waals surface area contributed by atoms with Crippen LogP contribution in [0.4, 0.5) is 5.69 Å². The number of nitrogens with one attached hydrogen (secondary N) is 1. The van der Waals surface area contributed by atoms with Gasteiger partial charge in [-0.2, -0.15) is 5.26 Å². The van der Waals surface area contributed by atoms with Crippen molar-refractivity contribution in [3.05, 3.63) is 46.8 Å². The van der Waals surface area contributed by atoms with Gasteiger partial charge in [-0.25, -0.2) is 4.79 Å². The number of anilines is 1. The Balaban J connectivity index is 1.37. The van der Waals surface area contributed by atoms with Crippen molar-refractivity contribution in [3.8, 4) is 17.6 Å². The summed E-state index contributed by atoms with van der Waals surface area (Å²) in [5.74, 6) is -0.228. The van der Waals surface area contributed by atoms with Gasteiger partial charge in [-0.05, 0) is 56.5 Å². The number of nitriles is 1. The average molecular weight is 407 g/mol. The lowest BCUT2D eigenvalue weighted by Crippen LogP contribution is -2.21. The number of nitrogens with zero attached hydrogens (tertiary/aromatic N) is 2. The molecule has 0 radical (unpaired) electrons. The van der Waals surface area contributed by atoms with Gasteiger partial charge in [0, 0.05) is 29.2 Å². The molecule has 1 fully saturated rings. The molecule has 2 aliphatic rings. The van der Waals surface area contributed by atoms with Gasteiger partial charge in [0.25, 0.3) is 5.91 Å². The smallest absolute Gasteiger partial charge is 0.349 e. The number of carbonyl (C=O) groups excluding carboxylic acids is 2. The van der Waals surface area contributed by atoms with Gasteiger partial charge in [0.05, 0.1) is 0 Å². The van der Waals surface area contributed by atoms with E-state index >= 15 is 0 Å². The van der Waals surface area contributed by atoms with Gasteiger partial charge in [0.1, 0.15) is 11.6 Å². The zero-order valence-corrected chi connectivity index (χ0v) is 16.7. The minimum absolute atomic E-state index is 0.136. The first-order chi connectivity index (χ1) is 14.5. The van der Waals surface area contributed by atoms with Gasteiger partial charge in [0.15, 0.2) is 18.1 Å². The average Bonchev–Trinajstić information content (AvgIpc) is 3.37. The third-order valence-electron chi connectivity index (χ3n) is 5.07. The van der Waals surface area contributed by atoms with Crippen molar-refractivity contribution in [1.29, 1.82) is 5.26 Å². The summed E-state index contributed by atoms with van der Waals surface area (Å²) in [4.78, 5) is 24.4. The Hall–Kier alpha value is -3.73. The van der Waals surface area contributed by atoms with Crippen molar-refractivity contribution >= 4 is 23.6 Å². The molecule has 4 rings (SSSR count). The molecule has 1 aromatic carbocycles. The van der Waals surface area contributed by atoms with Crippen molar-refractivity contribution < 1.29 is 23.8 Å². The van der Waals surface area contributed by atoms with Crippen molar-refractivity contribution in [1.82, 2.24) is 4.57 Å². The molecule has 1 saturated carbocycles. The van der Waals surface area contributed by atoms with Crippen LogP contribution in [0.25, 0.3) is 6.08 Å². The highest BCUT2D eigenvalue weighted by molar-refractivity contribution is 6.00. The molecule has 1 aromatic heterocycles. The number of amides is 1. The second-order valence-electron chi connectivity index (χ2n) is 7.29. The fourth-order valence-corrected chi connectivity index (χ4v) is 3.52. The summed E-state index contributed by atoms with van der Waals surface area (Å²) in [6.45, 7) is 3.60. The van der Waals surface area contributed by atoms with E-state index in [0.29, 0.717) is 23.2 Å². The molecule has 1 N–H and O–H groups in total. The number of hydrogen-bond donors (Lipinski definition) is 1. The lowest BCUT2D eigenvalue weighted by atomic mass is 10.1. The Labute approximate surface area is 173 Å². The molecule has 0 bridgehead atoms.